The second-order valence-corrected chi connectivity index (χ2v) is 8.37. The molecule has 0 unspecified atom stereocenters. The van der Waals surface area contributed by atoms with Gasteiger partial charge in [0.15, 0.2) is 5.96 Å². The number of rotatable bonds is 8. The van der Waals surface area contributed by atoms with Crippen molar-refractivity contribution >= 4 is 35.8 Å². The van der Waals surface area contributed by atoms with Crippen LogP contribution in [0.2, 0.25) is 0 Å². The number of nitrogens with one attached hydrogen (secondary N) is 2. The molecule has 3 aliphatic rings. The minimum Gasteiger partial charge on any atom is -0.493 e. The van der Waals surface area contributed by atoms with Gasteiger partial charge >= 0.3 is 0 Å². The average molecular weight is 527 g/mol. The highest BCUT2D eigenvalue weighted by molar-refractivity contribution is 14.0. The van der Waals surface area contributed by atoms with Crippen LogP contribution in [-0.2, 0) is 11.3 Å². The van der Waals surface area contributed by atoms with Gasteiger partial charge in [0.05, 0.1) is 13.2 Å². The maximum absolute atomic E-state index is 12.0. The number of amides is 1. The molecule has 4 rings (SSSR count). The molecule has 30 heavy (non-hydrogen) atoms. The van der Waals surface area contributed by atoms with E-state index in [0.717, 1.165) is 68.8 Å². The lowest BCUT2D eigenvalue weighted by atomic mass is 10.2. The van der Waals surface area contributed by atoms with Crippen molar-refractivity contribution in [3.05, 3.63) is 29.8 Å². The fourth-order valence-corrected chi connectivity index (χ4v) is 3.61. The summed E-state index contributed by atoms with van der Waals surface area (Å²) in [4.78, 5) is 21.0. The van der Waals surface area contributed by atoms with Crippen molar-refractivity contribution in [3.8, 4) is 5.75 Å². The van der Waals surface area contributed by atoms with Crippen molar-refractivity contribution in [3.63, 3.8) is 0 Å². The summed E-state index contributed by atoms with van der Waals surface area (Å²) in [5.74, 6) is 2.77. The third-order valence-corrected chi connectivity index (χ3v) is 5.77. The summed E-state index contributed by atoms with van der Waals surface area (Å²) in [7, 11) is 1.83. The lowest BCUT2D eigenvalue weighted by molar-refractivity contribution is -0.122. The van der Waals surface area contributed by atoms with E-state index in [1.54, 1.807) is 0 Å². The van der Waals surface area contributed by atoms with E-state index in [2.05, 4.69) is 37.6 Å². The number of guanidine groups is 1. The summed E-state index contributed by atoms with van der Waals surface area (Å²) < 4.78 is 6.02. The predicted octanol–water partition coefficient (Wildman–Crippen LogP) is 2.06. The molecule has 2 saturated carbocycles. The number of carbonyl (C=O) groups excluding carboxylic acids is 1. The van der Waals surface area contributed by atoms with E-state index in [1.807, 2.05) is 19.2 Å². The Labute approximate surface area is 196 Å². The Morgan fingerprint density at radius 1 is 1.13 bits per heavy atom. The van der Waals surface area contributed by atoms with E-state index in [0.29, 0.717) is 19.1 Å². The first-order valence-electron chi connectivity index (χ1n) is 10.9. The van der Waals surface area contributed by atoms with Crippen LogP contribution < -0.4 is 15.4 Å². The molecular weight excluding hydrogens is 493 g/mol. The SMILES string of the molecule is CN=C(NCc1ccccc1OCC1CC1)N1CCN(CC(=O)NC2CC2)CC1.I. The van der Waals surface area contributed by atoms with Crippen molar-refractivity contribution in [1.82, 2.24) is 20.4 Å². The van der Waals surface area contributed by atoms with Gasteiger partial charge in [-0.25, -0.2) is 0 Å². The van der Waals surface area contributed by atoms with Crippen molar-refractivity contribution in [2.24, 2.45) is 10.9 Å². The molecule has 1 aliphatic heterocycles. The van der Waals surface area contributed by atoms with E-state index >= 15 is 0 Å². The Hall–Kier alpha value is -1.55. The van der Waals surface area contributed by atoms with Crippen LogP contribution in [0, 0.1) is 5.92 Å². The first-order chi connectivity index (χ1) is 14.2. The normalized spacial score (nSPS) is 19.8. The molecule has 7 nitrogen and oxygen atoms in total. The van der Waals surface area contributed by atoms with E-state index in [9.17, 15) is 4.79 Å². The first-order valence-corrected chi connectivity index (χ1v) is 10.9. The summed E-state index contributed by atoms with van der Waals surface area (Å²) in [6.07, 6.45) is 4.86. The first kappa shape index (κ1) is 23.1. The Morgan fingerprint density at radius 2 is 1.87 bits per heavy atom. The Kier molecular flexibility index (Phi) is 8.61. The Morgan fingerprint density at radius 3 is 2.53 bits per heavy atom. The molecule has 1 heterocycles. The number of piperazine rings is 1. The van der Waals surface area contributed by atoms with E-state index in [4.69, 9.17) is 4.74 Å². The van der Waals surface area contributed by atoms with Gasteiger partial charge in [-0.2, -0.15) is 0 Å². The molecule has 1 saturated heterocycles. The molecule has 1 aromatic carbocycles. The minimum atomic E-state index is 0. The van der Waals surface area contributed by atoms with Crippen LogP contribution in [0.25, 0.3) is 0 Å². The van der Waals surface area contributed by atoms with E-state index in [-0.39, 0.29) is 29.9 Å². The third-order valence-electron chi connectivity index (χ3n) is 5.77. The summed E-state index contributed by atoms with van der Waals surface area (Å²) in [6.45, 7) is 5.51. The van der Waals surface area contributed by atoms with Crippen LogP contribution >= 0.6 is 24.0 Å². The van der Waals surface area contributed by atoms with E-state index in [1.165, 1.54) is 12.8 Å². The van der Waals surface area contributed by atoms with Gasteiger partial charge in [-0.1, -0.05) is 18.2 Å². The molecule has 0 bridgehead atoms. The fraction of sp³-hybridized carbons (Fsp3) is 0.636. The number of hydrogen-bond acceptors (Lipinski definition) is 4. The van der Waals surface area contributed by atoms with Gasteiger partial charge in [-0.05, 0) is 37.7 Å². The van der Waals surface area contributed by atoms with Crippen molar-refractivity contribution in [2.75, 3.05) is 46.4 Å². The Balaban J connectivity index is 0.00000256. The highest BCUT2D eigenvalue weighted by Gasteiger charge is 2.26. The number of para-hydroxylation sites is 1. The van der Waals surface area contributed by atoms with Gasteiger partial charge in [0.2, 0.25) is 5.91 Å². The van der Waals surface area contributed by atoms with Crippen LogP contribution in [0.3, 0.4) is 0 Å². The number of aliphatic imine (C=N–C) groups is 1. The lowest BCUT2D eigenvalue weighted by Gasteiger charge is -2.36. The van der Waals surface area contributed by atoms with Crippen LogP contribution in [0.1, 0.15) is 31.2 Å². The van der Waals surface area contributed by atoms with Gasteiger partial charge < -0.3 is 20.3 Å². The standard InChI is InChI=1S/C22H33N5O2.HI/c1-23-22(24-14-18-4-2-3-5-20(18)29-16-17-6-7-17)27-12-10-26(11-13-27)15-21(28)25-19-8-9-19;/h2-5,17,19H,6-16H2,1H3,(H,23,24)(H,25,28);1H. The molecule has 2 aliphatic carbocycles. The van der Waals surface area contributed by atoms with Crippen molar-refractivity contribution < 1.29 is 9.53 Å². The molecule has 0 atom stereocenters. The van der Waals surface area contributed by atoms with Gasteiger partial charge in [0, 0.05) is 51.4 Å². The molecule has 2 N–H and O–H groups in total. The second kappa shape index (κ2) is 11.2. The van der Waals surface area contributed by atoms with Crippen molar-refractivity contribution in [2.45, 2.75) is 38.3 Å². The summed E-state index contributed by atoms with van der Waals surface area (Å²) in [6, 6.07) is 8.67. The maximum Gasteiger partial charge on any atom is 0.234 e. The number of hydrogen-bond donors (Lipinski definition) is 2. The molecule has 0 radical (unpaired) electrons. The highest BCUT2D eigenvalue weighted by atomic mass is 127. The van der Waals surface area contributed by atoms with Crippen LogP contribution in [0.15, 0.2) is 29.3 Å². The van der Waals surface area contributed by atoms with Crippen LogP contribution in [0.4, 0.5) is 0 Å². The van der Waals surface area contributed by atoms with Gasteiger partial charge in [-0.15, -0.1) is 24.0 Å². The molecule has 0 spiro atoms. The Bertz CT molecular complexity index is 728. The highest BCUT2D eigenvalue weighted by Crippen LogP contribution is 2.30. The smallest absolute Gasteiger partial charge is 0.234 e. The molecule has 1 amide bonds. The quantitative estimate of drug-likeness (QED) is 0.308. The lowest BCUT2D eigenvalue weighted by Crippen LogP contribution is -2.54. The third kappa shape index (κ3) is 7.01. The largest absolute Gasteiger partial charge is 0.493 e. The molecular formula is C22H34IN5O2. The molecule has 1 aromatic rings. The monoisotopic (exact) mass is 527 g/mol. The number of halogens is 1. The molecule has 8 heteroatoms. The molecule has 166 valence electrons. The second-order valence-electron chi connectivity index (χ2n) is 8.37. The molecule has 3 fully saturated rings. The van der Waals surface area contributed by atoms with Gasteiger partial charge in [0.1, 0.15) is 5.75 Å². The van der Waals surface area contributed by atoms with Crippen molar-refractivity contribution in [1.29, 1.82) is 0 Å². The number of nitrogens with zero attached hydrogens (tertiary/aromatic N) is 3. The zero-order valence-corrected chi connectivity index (χ0v) is 20.1. The minimum absolute atomic E-state index is 0. The maximum atomic E-state index is 12.0. The number of carbonyl (C=O) groups is 1. The summed E-state index contributed by atoms with van der Waals surface area (Å²) in [5.41, 5.74) is 1.16. The molecule has 0 aromatic heterocycles. The number of benzene rings is 1. The van der Waals surface area contributed by atoms with Crippen LogP contribution in [-0.4, -0.2) is 74.1 Å². The predicted molar refractivity (Wildman–Crippen MR) is 129 cm³/mol. The number of ether oxygens (including phenoxy) is 1. The van der Waals surface area contributed by atoms with Gasteiger partial charge in [-0.3, -0.25) is 14.7 Å². The average Bonchev–Trinajstić information content (AvgIpc) is 3.65. The zero-order chi connectivity index (χ0) is 20.1. The van der Waals surface area contributed by atoms with Gasteiger partial charge in [0.25, 0.3) is 0 Å². The zero-order valence-electron chi connectivity index (χ0n) is 17.8. The fourth-order valence-electron chi connectivity index (χ4n) is 3.61. The van der Waals surface area contributed by atoms with E-state index < -0.39 is 0 Å². The summed E-state index contributed by atoms with van der Waals surface area (Å²) >= 11 is 0. The summed E-state index contributed by atoms with van der Waals surface area (Å²) in [5, 5.41) is 6.56. The topological polar surface area (TPSA) is 69.2 Å². The van der Waals surface area contributed by atoms with Crippen LogP contribution in [0.5, 0.6) is 5.75 Å².